The molecule has 0 saturated carbocycles. The molecule has 1 rings (SSSR count). The highest BCUT2D eigenvalue weighted by atomic mass is 35.5. The first kappa shape index (κ1) is 8.16. The topological polar surface area (TPSA) is 67.3 Å². The summed E-state index contributed by atoms with van der Waals surface area (Å²) in [6, 6.07) is 0. The average molecular weight is 192 g/mol. The molecule has 0 aliphatic rings. The zero-order valence-corrected chi connectivity index (χ0v) is 6.65. The number of thiazole rings is 1. The second-order valence-corrected chi connectivity index (χ2v) is 3.06. The van der Waals surface area contributed by atoms with Gasteiger partial charge in [0, 0.05) is 5.38 Å². The van der Waals surface area contributed by atoms with Crippen LogP contribution in [0.4, 0.5) is 0 Å². The molecule has 0 amide bonds. The summed E-state index contributed by atoms with van der Waals surface area (Å²) < 4.78 is 0.162. The van der Waals surface area contributed by atoms with E-state index in [1.165, 1.54) is 5.38 Å². The van der Waals surface area contributed by atoms with Gasteiger partial charge in [0.2, 0.25) is 0 Å². The second kappa shape index (κ2) is 2.98. The summed E-state index contributed by atoms with van der Waals surface area (Å²) in [6.07, 6.45) is 0. The van der Waals surface area contributed by atoms with Crippen molar-refractivity contribution < 1.29 is 14.7 Å². The number of carboxylic acids is 1. The maximum atomic E-state index is 10.6. The highest BCUT2D eigenvalue weighted by Gasteiger charge is 2.17. The lowest BCUT2D eigenvalue weighted by Crippen LogP contribution is -2.12. The van der Waals surface area contributed by atoms with E-state index in [4.69, 9.17) is 16.7 Å². The standard InChI is InChI=1S/C5H2ClNO3S/c6-5-7-2(1-11-5)3(8)4(9)10/h1H,(H,9,10). The van der Waals surface area contributed by atoms with Crippen LogP contribution < -0.4 is 0 Å². The molecule has 6 heteroatoms. The monoisotopic (exact) mass is 191 g/mol. The minimum atomic E-state index is -1.52. The maximum Gasteiger partial charge on any atom is 0.378 e. The van der Waals surface area contributed by atoms with Gasteiger partial charge >= 0.3 is 5.97 Å². The smallest absolute Gasteiger partial charge is 0.378 e. The molecule has 0 atom stereocenters. The predicted octanol–water partition coefficient (Wildman–Crippen LogP) is 1.06. The number of hydrogen-bond acceptors (Lipinski definition) is 4. The number of carbonyl (C=O) groups is 2. The van der Waals surface area contributed by atoms with Crippen molar-refractivity contribution in [2.75, 3.05) is 0 Å². The summed E-state index contributed by atoms with van der Waals surface area (Å²) in [6.45, 7) is 0. The van der Waals surface area contributed by atoms with E-state index in [0.29, 0.717) is 0 Å². The molecule has 1 aromatic heterocycles. The molecule has 58 valence electrons. The Bertz CT molecular complexity index is 308. The summed E-state index contributed by atoms with van der Waals surface area (Å²) >= 11 is 6.39. The van der Waals surface area contributed by atoms with Crippen LogP contribution in [0, 0.1) is 0 Å². The zero-order chi connectivity index (χ0) is 8.43. The predicted molar refractivity (Wildman–Crippen MR) is 39.1 cm³/mol. The summed E-state index contributed by atoms with van der Waals surface area (Å²) in [5, 5.41) is 9.52. The third-order valence-electron chi connectivity index (χ3n) is 0.903. The second-order valence-electron chi connectivity index (χ2n) is 1.62. The van der Waals surface area contributed by atoms with Crippen molar-refractivity contribution in [3.8, 4) is 0 Å². The molecule has 1 aromatic rings. The Hall–Kier alpha value is -0.940. The highest BCUT2D eigenvalue weighted by Crippen LogP contribution is 2.15. The molecule has 0 aromatic carbocycles. The number of rotatable bonds is 2. The van der Waals surface area contributed by atoms with E-state index in [9.17, 15) is 9.59 Å². The first-order chi connectivity index (χ1) is 5.11. The van der Waals surface area contributed by atoms with Crippen LogP contribution in [-0.2, 0) is 4.79 Å². The van der Waals surface area contributed by atoms with Gasteiger partial charge in [-0.25, -0.2) is 9.78 Å². The molecule has 0 fully saturated rings. The van der Waals surface area contributed by atoms with Crippen molar-refractivity contribution in [1.29, 1.82) is 0 Å². The van der Waals surface area contributed by atoms with Crippen molar-refractivity contribution in [2.24, 2.45) is 0 Å². The Balaban J connectivity index is 2.94. The Labute approximate surface area is 70.4 Å². The SMILES string of the molecule is O=C(O)C(=O)c1csc(Cl)n1. The Kier molecular flexibility index (Phi) is 2.21. The summed E-state index contributed by atoms with van der Waals surface area (Å²) in [4.78, 5) is 24.2. The molecule has 1 heterocycles. The van der Waals surface area contributed by atoms with E-state index >= 15 is 0 Å². The van der Waals surface area contributed by atoms with Crippen LogP contribution in [0.1, 0.15) is 10.5 Å². The van der Waals surface area contributed by atoms with E-state index in [2.05, 4.69) is 4.98 Å². The van der Waals surface area contributed by atoms with Crippen LogP contribution in [0.25, 0.3) is 0 Å². The fourth-order valence-electron chi connectivity index (χ4n) is 0.466. The molecular formula is C5H2ClNO3S. The van der Waals surface area contributed by atoms with Gasteiger partial charge in [-0.2, -0.15) is 0 Å². The van der Waals surface area contributed by atoms with Crippen LogP contribution in [0.15, 0.2) is 5.38 Å². The number of Topliss-reactive ketones (excluding diaryl/α,β-unsaturated/α-hetero) is 1. The van der Waals surface area contributed by atoms with Crippen molar-refractivity contribution in [1.82, 2.24) is 4.98 Å². The Morgan fingerprint density at radius 1 is 1.64 bits per heavy atom. The van der Waals surface area contributed by atoms with Crippen LogP contribution in [0.3, 0.4) is 0 Å². The third-order valence-corrected chi connectivity index (χ3v) is 1.88. The summed E-state index contributed by atoms with van der Waals surface area (Å²) in [7, 11) is 0. The van der Waals surface area contributed by atoms with Crippen LogP contribution in [0.5, 0.6) is 0 Å². The number of aromatic nitrogens is 1. The van der Waals surface area contributed by atoms with Gasteiger partial charge in [0.15, 0.2) is 4.47 Å². The van der Waals surface area contributed by atoms with E-state index in [-0.39, 0.29) is 10.2 Å². The van der Waals surface area contributed by atoms with E-state index < -0.39 is 11.8 Å². The van der Waals surface area contributed by atoms with Gasteiger partial charge in [0.25, 0.3) is 5.78 Å². The van der Waals surface area contributed by atoms with Crippen molar-refractivity contribution in [3.63, 3.8) is 0 Å². The minimum absolute atomic E-state index is 0.118. The highest BCUT2D eigenvalue weighted by molar-refractivity contribution is 7.14. The third kappa shape index (κ3) is 1.75. The fraction of sp³-hybridized carbons (Fsp3) is 0. The van der Waals surface area contributed by atoms with Gasteiger partial charge in [0.05, 0.1) is 0 Å². The number of halogens is 1. The number of carboxylic acid groups (broad SMARTS) is 1. The van der Waals surface area contributed by atoms with Crippen molar-refractivity contribution >= 4 is 34.7 Å². The zero-order valence-electron chi connectivity index (χ0n) is 5.07. The fourth-order valence-corrected chi connectivity index (χ4v) is 1.21. The van der Waals surface area contributed by atoms with Gasteiger partial charge < -0.3 is 5.11 Å². The maximum absolute atomic E-state index is 10.6. The number of carbonyl (C=O) groups excluding carboxylic acids is 1. The van der Waals surface area contributed by atoms with Gasteiger partial charge in [-0.1, -0.05) is 11.6 Å². The number of nitrogens with zero attached hydrogens (tertiary/aromatic N) is 1. The molecule has 0 spiro atoms. The van der Waals surface area contributed by atoms with E-state index in [1.807, 2.05) is 0 Å². The number of hydrogen-bond donors (Lipinski definition) is 1. The molecule has 11 heavy (non-hydrogen) atoms. The average Bonchev–Trinajstić information content (AvgIpc) is 2.34. The Morgan fingerprint density at radius 3 is 2.64 bits per heavy atom. The van der Waals surface area contributed by atoms with E-state index in [1.54, 1.807) is 0 Å². The van der Waals surface area contributed by atoms with Crippen LogP contribution in [0.2, 0.25) is 4.47 Å². The van der Waals surface area contributed by atoms with Crippen molar-refractivity contribution in [2.45, 2.75) is 0 Å². The molecule has 0 saturated heterocycles. The number of aliphatic carboxylic acids is 1. The molecular weight excluding hydrogens is 190 g/mol. The lowest BCUT2D eigenvalue weighted by atomic mass is 10.3. The van der Waals surface area contributed by atoms with Gasteiger partial charge in [-0.15, -0.1) is 11.3 Å². The van der Waals surface area contributed by atoms with Gasteiger partial charge in [-0.3, -0.25) is 4.79 Å². The van der Waals surface area contributed by atoms with Crippen molar-refractivity contribution in [3.05, 3.63) is 15.5 Å². The molecule has 0 bridgehead atoms. The quantitative estimate of drug-likeness (QED) is 0.561. The molecule has 0 aliphatic carbocycles. The molecule has 0 aliphatic heterocycles. The summed E-state index contributed by atoms with van der Waals surface area (Å²) in [5.41, 5.74) is -0.118. The number of ketones is 1. The summed E-state index contributed by atoms with van der Waals surface area (Å²) in [5.74, 6) is -2.56. The molecule has 0 radical (unpaired) electrons. The van der Waals surface area contributed by atoms with Crippen LogP contribution in [-0.4, -0.2) is 21.8 Å². The van der Waals surface area contributed by atoms with Gasteiger partial charge in [-0.05, 0) is 0 Å². The lowest BCUT2D eigenvalue weighted by molar-refractivity contribution is -0.131. The minimum Gasteiger partial charge on any atom is -0.475 e. The largest absolute Gasteiger partial charge is 0.475 e. The lowest BCUT2D eigenvalue weighted by Gasteiger charge is -1.84. The van der Waals surface area contributed by atoms with Gasteiger partial charge in [0.1, 0.15) is 5.69 Å². The molecule has 4 nitrogen and oxygen atoms in total. The first-order valence-electron chi connectivity index (χ1n) is 2.50. The normalized spacial score (nSPS) is 9.55. The first-order valence-corrected chi connectivity index (χ1v) is 3.75. The Morgan fingerprint density at radius 2 is 2.27 bits per heavy atom. The van der Waals surface area contributed by atoms with E-state index in [0.717, 1.165) is 11.3 Å². The molecule has 1 N–H and O–H groups in total. The van der Waals surface area contributed by atoms with Crippen LogP contribution >= 0.6 is 22.9 Å². The molecule has 0 unspecified atom stereocenters.